The summed E-state index contributed by atoms with van der Waals surface area (Å²) in [5.41, 5.74) is 1.91. The maximum absolute atomic E-state index is 13.6. The van der Waals surface area contributed by atoms with Gasteiger partial charge in [-0.1, -0.05) is 5.21 Å². The monoisotopic (exact) mass is 449 g/mol. The number of aromatic amines is 1. The Labute approximate surface area is 187 Å². The van der Waals surface area contributed by atoms with Gasteiger partial charge in [0.1, 0.15) is 11.5 Å². The van der Waals surface area contributed by atoms with E-state index in [1.807, 2.05) is 0 Å². The Morgan fingerprint density at radius 3 is 2.82 bits per heavy atom. The number of hydrogen-bond acceptors (Lipinski definition) is 6. The first kappa shape index (κ1) is 21.0. The van der Waals surface area contributed by atoms with E-state index in [2.05, 4.69) is 15.3 Å². The van der Waals surface area contributed by atoms with Crippen LogP contribution in [-0.2, 0) is 4.74 Å². The van der Waals surface area contributed by atoms with Crippen LogP contribution in [0.25, 0.3) is 27.8 Å². The van der Waals surface area contributed by atoms with E-state index < -0.39 is 5.82 Å². The van der Waals surface area contributed by atoms with Crippen LogP contribution >= 0.6 is 0 Å². The number of ether oxygens (including phenoxy) is 1. The van der Waals surface area contributed by atoms with E-state index in [9.17, 15) is 19.1 Å². The van der Waals surface area contributed by atoms with Crippen LogP contribution in [0.1, 0.15) is 10.4 Å². The van der Waals surface area contributed by atoms with Gasteiger partial charge >= 0.3 is 0 Å². The number of H-pyrrole nitrogens is 1. The number of morpholine rings is 1. The average Bonchev–Trinajstić information content (AvgIpc) is 3.33. The van der Waals surface area contributed by atoms with Crippen molar-refractivity contribution >= 4 is 16.8 Å². The van der Waals surface area contributed by atoms with Crippen molar-refractivity contribution in [3.63, 3.8) is 0 Å². The molecule has 2 aromatic carbocycles. The van der Waals surface area contributed by atoms with Crippen molar-refractivity contribution in [3.8, 4) is 16.9 Å². The summed E-state index contributed by atoms with van der Waals surface area (Å²) in [6.07, 6.45) is 1.59. The fourth-order valence-corrected chi connectivity index (χ4v) is 3.88. The van der Waals surface area contributed by atoms with Crippen molar-refractivity contribution in [2.45, 2.75) is 6.04 Å². The quantitative estimate of drug-likeness (QED) is 0.491. The molecule has 5 rings (SSSR count). The van der Waals surface area contributed by atoms with Crippen molar-refractivity contribution < 1.29 is 19.0 Å². The fraction of sp³-hybridized carbons (Fsp3) is 0.217. The van der Waals surface area contributed by atoms with Gasteiger partial charge in [-0.3, -0.25) is 9.59 Å². The SMILES string of the molecule is O=C(c1ccc(-n2cc(-c3cc4cc(F)ccc4[nH]c3=O)nn2)cc1)N1CCOC[C@@H]1CO. The summed E-state index contributed by atoms with van der Waals surface area (Å²) >= 11 is 0. The van der Waals surface area contributed by atoms with Gasteiger partial charge in [-0.25, -0.2) is 9.07 Å². The Hall–Kier alpha value is -3.89. The number of rotatable bonds is 4. The molecular weight excluding hydrogens is 429 g/mol. The summed E-state index contributed by atoms with van der Waals surface area (Å²) in [7, 11) is 0. The zero-order valence-electron chi connectivity index (χ0n) is 17.4. The van der Waals surface area contributed by atoms with E-state index in [0.717, 1.165) is 0 Å². The molecule has 33 heavy (non-hydrogen) atoms. The molecule has 2 N–H and O–H groups in total. The van der Waals surface area contributed by atoms with Crippen molar-refractivity contribution in [2.75, 3.05) is 26.4 Å². The molecule has 0 unspecified atom stereocenters. The van der Waals surface area contributed by atoms with Crippen LogP contribution in [-0.4, -0.2) is 68.3 Å². The number of nitrogens with one attached hydrogen (secondary N) is 1. The van der Waals surface area contributed by atoms with E-state index >= 15 is 0 Å². The molecule has 1 aliphatic heterocycles. The fourth-order valence-electron chi connectivity index (χ4n) is 3.88. The lowest BCUT2D eigenvalue weighted by Gasteiger charge is -2.34. The summed E-state index contributed by atoms with van der Waals surface area (Å²) in [5, 5.41) is 18.2. The van der Waals surface area contributed by atoms with E-state index in [0.29, 0.717) is 47.6 Å². The average molecular weight is 449 g/mol. The Morgan fingerprint density at radius 1 is 1.21 bits per heavy atom. The predicted octanol–water partition coefficient (Wildman–Crippen LogP) is 1.75. The minimum absolute atomic E-state index is 0.161. The largest absolute Gasteiger partial charge is 0.394 e. The number of carbonyl (C=O) groups excluding carboxylic acids is 1. The Balaban J connectivity index is 1.40. The highest BCUT2D eigenvalue weighted by Crippen LogP contribution is 2.20. The second-order valence-electron chi connectivity index (χ2n) is 7.75. The summed E-state index contributed by atoms with van der Waals surface area (Å²) in [5.74, 6) is -0.584. The maximum Gasteiger partial charge on any atom is 0.258 e. The van der Waals surface area contributed by atoms with Crippen LogP contribution in [0.2, 0.25) is 0 Å². The van der Waals surface area contributed by atoms with Gasteiger partial charge in [-0.05, 0) is 48.5 Å². The number of aromatic nitrogens is 4. The number of aliphatic hydroxyl groups excluding tert-OH is 1. The third kappa shape index (κ3) is 4.01. The second-order valence-corrected chi connectivity index (χ2v) is 7.75. The zero-order chi connectivity index (χ0) is 22.9. The first-order valence-electron chi connectivity index (χ1n) is 10.4. The molecule has 3 heterocycles. The minimum Gasteiger partial charge on any atom is -0.394 e. The van der Waals surface area contributed by atoms with Gasteiger partial charge in [0.15, 0.2) is 0 Å². The third-order valence-electron chi connectivity index (χ3n) is 5.65. The van der Waals surface area contributed by atoms with Crippen LogP contribution < -0.4 is 5.56 Å². The molecule has 1 saturated heterocycles. The molecule has 1 aliphatic rings. The van der Waals surface area contributed by atoms with E-state index in [1.54, 1.807) is 41.4 Å². The molecule has 2 aromatic heterocycles. The molecule has 0 saturated carbocycles. The highest BCUT2D eigenvalue weighted by molar-refractivity contribution is 5.94. The Bertz CT molecular complexity index is 1380. The summed E-state index contributed by atoms with van der Waals surface area (Å²) in [6.45, 7) is 1.000. The van der Waals surface area contributed by atoms with Crippen LogP contribution in [0.5, 0.6) is 0 Å². The minimum atomic E-state index is -0.402. The molecule has 1 amide bonds. The van der Waals surface area contributed by atoms with Crippen molar-refractivity contribution in [3.05, 3.63) is 76.5 Å². The van der Waals surface area contributed by atoms with E-state index in [1.165, 1.54) is 22.9 Å². The number of benzene rings is 2. The third-order valence-corrected chi connectivity index (χ3v) is 5.65. The van der Waals surface area contributed by atoms with Crippen LogP contribution in [0.15, 0.2) is 59.5 Å². The number of pyridine rings is 1. The second kappa shape index (κ2) is 8.57. The molecule has 168 valence electrons. The molecule has 0 radical (unpaired) electrons. The van der Waals surface area contributed by atoms with E-state index in [4.69, 9.17) is 4.74 Å². The molecule has 10 heteroatoms. The molecule has 0 bridgehead atoms. The zero-order valence-corrected chi connectivity index (χ0v) is 17.4. The Kier molecular flexibility index (Phi) is 5.45. The molecule has 0 aliphatic carbocycles. The number of carbonyl (C=O) groups is 1. The first-order chi connectivity index (χ1) is 16.0. The number of halogens is 1. The lowest BCUT2D eigenvalue weighted by Crippen LogP contribution is -2.50. The smallest absolute Gasteiger partial charge is 0.258 e. The van der Waals surface area contributed by atoms with Gasteiger partial charge in [0.25, 0.3) is 11.5 Å². The number of fused-ring (bicyclic) bond motifs is 1. The predicted molar refractivity (Wildman–Crippen MR) is 118 cm³/mol. The Morgan fingerprint density at radius 2 is 2.03 bits per heavy atom. The van der Waals surface area contributed by atoms with Crippen molar-refractivity contribution in [2.24, 2.45) is 0 Å². The number of aliphatic hydroxyl groups is 1. The highest BCUT2D eigenvalue weighted by Gasteiger charge is 2.27. The summed E-state index contributed by atoms with van der Waals surface area (Å²) < 4.78 is 20.4. The maximum atomic E-state index is 13.6. The highest BCUT2D eigenvalue weighted by atomic mass is 19.1. The molecule has 1 atom stereocenters. The summed E-state index contributed by atoms with van der Waals surface area (Å²) in [6, 6.07) is 12.1. The number of hydrogen-bond donors (Lipinski definition) is 2. The molecule has 9 nitrogen and oxygen atoms in total. The van der Waals surface area contributed by atoms with E-state index in [-0.39, 0.29) is 29.7 Å². The number of nitrogens with zero attached hydrogens (tertiary/aromatic N) is 4. The van der Waals surface area contributed by atoms with Crippen molar-refractivity contribution in [1.82, 2.24) is 24.9 Å². The van der Waals surface area contributed by atoms with Crippen molar-refractivity contribution in [1.29, 1.82) is 0 Å². The first-order valence-corrected chi connectivity index (χ1v) is 10.4. The normalized spacial score (nSPS) is 16.3. The molecule has 4 aromatic rings. The van der Waals surface area contributed by atoms with Gasteiger partial charge in [-0.2, -0.15) is 0 Å². The topological polar surface area (TPSA) is 113 Å². The van der Waals surface area contributed by atoms with Crippen LogP contribution in [0, 0.1) is 5.82 Å². The van der Waals surface area contributed by atoms with Gasteiger partial charge in [0.05, 0.1) is 43.3 Å². The number of amides is 1. The molecule has 1 fully saturated rings. The van der Waals surface area contributed by atoms with Gasteiger partial charge in [0, 0.05) is 23.0 Å². The van der Waals surface area contributed by atoms with Crippen LogP contribution in [0.3, 0.4) is 0 Å². The lowest BCUT2D eigenvalue weighted by atomic mass is 10.1. The van der Waals surface area contributed by atoms with Crippen LogP contribution in [0.4, 0.5) is 4.39 Å². The van der Waals surface area contributed by atoms with Gasteiger partial charge in [-0.15, -0.1) is 5.10 Å². The standard InChI is InChI=1S/C23H20FN5O4/c24-16-3-6-20-15(9-16)10-19(22(31)25-20)21-11-29(27-26-21)17-4-1-14(2-5-17)23(32)28-7-8-33-13-18(28)12-30/h1-6,9-11,18,30H,7-8,12-13H2,(H,25,31)/t18-/m0/s1. The van der Waals surface area contributed by atoms with Gasteiger partial charge < -0.3 is 19.7 Å². The molecule has 0 spiro atoms. The lowest BCUT2D eigenvalue weighted by molar-refractivity contribution is -0.0183. The molecular formula is C23H20FN5O4. The summed E-state index contributed by atoms with van der Waals surface area (Å²) in [4.78, 5) is 29.7. The van der Waals surface area contributed by atoms with Gasteiger partial charge in [0.2, 0.25) is 0 Å².